The zero-order valence-electron chi connectivity index (χ0n) is 9.26. The molecule has 1 heterocycles. The van der Waals surface area contributed by atoms with Crippen molar-refractivity contribution in [2.75, 3.05) is 0 Å². The summed E-state index contributed by atoms with van der Waals surface area (Å²) in [5, 5.41) is 0. The summed E-state index contributed by atoms with van der Waals surface area (Å²) >= 11 is 0. The van der Waals surface area contributed by atoms with Gasteiger partial charge in [-0.25, -0.2) is 4.98 Å². The molecule has 0 aliphatic carbocycles. The van der Waals surface area contributed by atoms with Gasteiger partial charge in [-0.1, -0.05) is 18.2 Å². The van der Waals surface area contributed by atoms with Gasteiger partial charge in [0.2, 0.25) is 0 Å². The molecule has 1 aromatic carbocycles. The minimum Gasteiger partial charge on any atom is -0.306 e. The number of Topliss-reactive ketones (excluding diaryl/α,β-unsaturated/α-hetero) is 1. The van der Waals surface area contributed by atoms with Crippen molar-refractivity contribution in [2.24, 2.45) is 0 Å². The summed E-state index contributed by atoms with van der Waals surface area (Å²) in [6.45, 7) is 1.62. The summed E-state index contributed by atoms with van der Waals surface area (Å²) in [5.74, 6) is 0.223. The van der Waals surface area contributed by atoms with E-state index in [4.69, 9.17) is 0 Å². The summed E-state index contributed by atoms with van der Waals surface area (Å²) in [7, 11) is 0. The Bertz CT molecular complexity index is 474. The molecule has 0 radical (unpaired) electrons. The van der Waals surface area contributed by atoms with Crippen molar-refractivity contribution < 1.29 is 4.79 Å². The highest BCUT2D eigenvalue weighted by atomic mass is 16.1. The third-order valence-electron chi connectivity index (χ3n) is 2.52. The number of hydrogen-bond acceptors (Lipinski definition) is 2. The first-order valence-electron chi connectivity index (χ1n) is 5.33. The first-order valence-corrected chi connectivity index (χ1v) is 5.33. The smallest absolute Gasteiger partial charge is 0.130 e. The molecule has 82 valence electrons. The number of para-hydroxylation sites is 1. The Hall–Kier alpha value is -1.90. The van der Waals surface area contributed by atoms with E-state index < -0.39 is 0 Å². The van der Waals surface area contributed by atoms with Crippen molar-refractivity contribution in [1.29, 1.82) is 0 Å². The minimum atomic E-state index is 0.223. The maximum Gasteiger partial charge on any atom is 0.130 e. The van der Waals surface area contributed by atoms with Crippen LogP contribution in [0.1, 0.15) is 18.9 Å². The molecule has 0 atom stereocenters. The Morgan fingerprint density at radius 2 is 2.19 bits per heavy atom. The third-order valence-corrected chi connectivity index (χ3v) is 2.52. The molecule has 0 aliphatic heterocycles. The topological polar surface area (TPSA) is 34.9 Å². The molecule has 0 amide bonds. The van der Waals surface area contributed by atoms with Crippen molar-refractivity contribution in [2.45, 2.75) is 19.8 Å². The van der Waals surface area contributed by atoms with Crippen LogP contribution >= 0.6 is 0 Å². The van der Waals surface area contributed by atoms with Crippen molar-refractivity contribution in [3.8, 4) is 5.69 Å². The summed E-state index contributed by atoms with van der Waals surface area (Å²) in [6, 6.07) is 8.08. The minimum absolute atomic E-state index is 0.223. The second-order valence-corrected chi connectivity index (χ2v) is 3.80. The maximum absolute atomic E-state index is 11.0. The molecule has 2 rings (SSSR count). The molecule has 0 aliphatic rings. The molecule has 0 saturated carbocycles. The van der Waals surface area contributed by atoms with Gasteiger partial charge in [-0.05, 0) is 25.0 Å². The normalized spacial score (nSPS) is 10.3. The van der Waals surface area contributed by atoms with Crippen LogP contribution in [0.3, 0.4) is 0 Å². The van der Waals surface area contributed by atoms with E-state index in [1.165, 1.54) is 5.56 Å². The highest BCUT2D eigenvalue weighted by Gasteiger charge is 2.04. The fourth-order valence-electron chi connectivity index (χ4n) is 1.69. The van der Waals surface area contributed by atoms with Gasteiger partial charge < -0.3 is 9.36 Å². The van der Waals surface area contributed by atoms with Gasteiger partial charge in [-0.15, -0.1) is 0 Å². The van der Waals surface area contributed by atoms with Crippen molar-refractivity contribution in [3.63, 3.8) is 0 Å². The number of benzene rings is 1. The van der Waals surface area contributed by atoms with E-state index in [1.54, 1.807) is 19.4 Å². The van der Waals surface area contributed by atoms with E-state index in [-0.39, 0.29) is 5.78 Å². The predicted molar refractivity (Wildman–Crippen MR) is 62.6 cm³/mol. The highest BCUT2D eigenvalue weighted by molar-refractivity contribution is 5.75. The molecular weight excluding hydrogens is 200 g/mol. The SMILES string of the molecule is CC(=O)CCc1ccccc1-n1ccnc1. The fraction of sp³-hybridized carbons (Fsp3) is 0.231. The van der Waals surface area contributed by atoms with Crippen LogP contribution < -0.4 is 0 Å². The molecule has 1 aromatic heterocycles. The van der Waals surface area contributed by atoms with Crippen molar-refractivity contribution in [3.05, 3.63) is 48.5 Å². The van der Waals surface area contributed by atoms with E-state index >= 15 is 0 Å². The Balaban J connectivity index is 2.27. The van der Waals surface area contributed by atoms with Gasteiger partial charge in [0, 0.05) is 24.5 Å². The van der Waals surface area contributed by atoms with Gasteiger partial charge in [-0.3, -0.25) is 0 Å². The number of carbonyl (C=O) groups excluding carboxylic acids is 1. The summed E-state index contributed by atoms with van der Waals surface area (Å²) in [5.41, 5.74) is 2.27. The number of ketones is 1. The van der Waals surface area contributed by atoms with Crippen LogP contribution in [0.2, 0.25) is 0 Å². The monoisotopic (exact) mass is 214 g/mol. The van der Waals surface area contributed by atoms with E-state index in [9.17, 15) is 4.79 Å². The molecule has 3 nitrogen and oxygen atoms in total. The number of rotatable bonds is 4. The van der Waals surface area contributed by atoms with Gasteiger partial charge in [0.15, 0.2) is 0 Å². The number of aryl methyl sites for hydroxylation is 1. The van der Waals surface area contributed by atoms with Gasteiger partial charge in [-0.2, -0.15) is 0 Å². The van der Waals surface area contributed by atoms with Gasteiger partial charge in [0.1, 0.15) is 5.78 Å². The van der Waals surface area contributed by atoms with Crippen LogP contribution in [0.15, 0.2) is 43.0 Å². The second-order valence-electron chi connectivity index (χ2n) is 3.80. The van der Waals surface area contributed by atoms with Crippen LogP contribution in [0.25, 0.3) is 5.69 Å². The van der Waals surface area contributed by atoms with E-state index in [0.717, 1.165) is 12.1 Å². The van der Waals surface area contributed by atoms with Crippen LogP contribution in [0.5, 0.6) is 0 Å². The Labute approximate surface area is 94.7 Å². The van der Waals surface area contributed by atoms with Gasteiger partial charge in [0.05, 0.1) is 6.33 Å². The molecule has 2 aromatic rings. The predicted octanol–water partition coefficient (Wildman–Crippen LogP) is 2.39. The lowest BCUT2D eigenvalue weighted by Gasteiger charge is -2.08. The molecule has 0 unspecified atom stereocenters. The lowest BCUT2D eigenvalue weighted by molar-refractivity contribution is -0.116. The first kappa shape index (κ1) is 10.6. The number of imidazole rings is 1. The Kier molecular flexibility index (Phi) is 3.15. The molecule has 3 heteroatoms. The molecule has 0 bridgehead atoms. The van der Waals surface area contributed by atoms with Crippen molar-refractivity contribution in [1.82, 2.24) is 9.55 Å². The Morgan fingerprint density at radius 1 is 1.38 bits per heavy atom. The molecule has 16 heavy (non-hydrogen) atoms. The molecular formula is C13H14N2O. The molecule has 0 N–H and O–H groups in total. The average Bonchev–Trinajstić information content (AvgIpc) is 2.80. The number of aromatic nitrogens is 2. The van der Waals surface area contributed by atoms with Crippen LogP contribution in [0.4, 0.5) is 0 Å². The summed E-state index contributed by atoms with van der Waals surface area (Å²) in [6.07, 6.45) is 6.80. The Morgan fingerprint density at radius 3 is 2.88 bits per heavy atom. The van der Waals surface area contributed by atoms with E-state index in [0.29, 0.717) is 6.42 Å². The maximum atomic E-state index is 11.0. The second kappa shape index (κ2) is 4.75. The lowest BCUT2D eigenvalue weighted by atomic mass is 10.1. The van der Waals surface area contributed by atoms with E-state index in [1.807, 2.05) is 29.0 Å². The molecule has 0 saturated heterocycles. The zero-order valence-corrected chi connectivity index (χ0v) is 9.26. The third kappa shape index (κ3) is 2.37. The number of nitrogens with zero attached hydrogens (tertiary/aromatic N) is 2. The molecule has 0 fully saturated rings. The number of carbonyl (C=O) groups is 1. The summed E-state index contributed by atoms with van der Waals surface area (Å²) < 4.78 is 1.97. The van der Waals surface area contributed by atoms with Crippen LogP contribution in [0, 0.1) is 0 Å². The number of hydrogen-bond donors (Lipinski definition) is 0. The van der Waals surface area contributed by atoms with Gasteiger partial charge in [0.25, 0.3) is 0 Å². The molecule has 0 spiro atoms. The van der Waals surface area contributed by atoms with Crippen LogP contribution in [-0.2, 0) is 11.2 Å². The first-order chi connectivity index (χ1) is 7.77. The zero-order chi connectivity index (χ0) is 11.4. The standard InChI is InChI=1S/C13H14N2O/c1-11(16)6-7-12-4-2-3-5-13(12)15-9-8-14-10-15/h2-5,8-10H,6-7H2,1H3. The quantitative estimate of drug-likeness (QED) is 0.783. The highest BCUT2D eigenvalue weighted by Crippen LogP contribution is 2.15. The lowest BCUT2D eigenvalue weighted by Crippen LogP contribution is -2.00. The van der Waals surface area contributed by atoms with Crippen LogP contribution in [-0.4, -0.2) is 15.3 Å². The summed E-state index contributed by atoms with van der Waals surface area (Å²) in [4.78, 5) is 15.0. The van der Waals surface area contributed by atoms with Crippen molar-refractivity contribution >= 4 is 5.78 Å². The van der Waals surface area contributed by atoms with E-state index in [2.05, 4.69) is 11.1 Å². The fourth-order valence-corrected chi connectivity index (χ4v) is 1.69. The average molecular weight is 214 g/mol. The van der Waals surface area contributed by atoms with Gasteiger partial charge >= 0.3 is 0 Å². The largest absolute Gasteiger partial charge is 0.306 e.